The van der Waals surface area contributed by atoms with Crippen molar-refractivity contribution in [1.29, 1.82) is 0 Å². The Morgan fingerprint density at radius 2 is 2.04 bits per heavy atom. The maximum absolute atomic E-state index is 12.4. The van der Waals surface area contributed by atoms with Gasteiger partial charge in [-0.25, -0.2) is 0 Å². The first kappa shape index (κ1) is 16.2. The van der Waals surface area contributed by atoms with Crippen LogP contribution in [0.1, 0.15) is 59.8 Å². The summed E-state index contributed by atoms with van der Waals surface area (Å²) in [6.45, 7) is 2.03. The van der Waals surface area contributed by atoms with E-state index in [9.17, 15) is 4.79 Å². The van der Waals surface area contributed by atoms with E-state index in [1.807, 2.05) is 21.8 Å². The first-order valence-electron chi connectivity index (χ1n) is 9.40. The Labute approximate surface area is 156 Å². The van der Waals surface area contributed by atoms with Gasteiger partial charge in [-0.3, -0.25) is 9.48 Å². The predicted molar refractivity (Wildman–Crippen MR) is 94.0 cm³/mol. The van der Waals surface area contributed by atoms with Gasteiger partial charge < -0.3 is 14.0 Å². The van der Waals surface area contributed by atoms with Crippen molar-refractivity contribution in [3.63, 3.8) is 0 Å². The lowest BCUT2D eigenvalue weighted by atomic mass is 9.95. The molecule has 27 heavy (non-hydrogen) atoms. The number of nitrogens with zero attached hydrogens (tertiary/aromatic N) is 7. The topological polar surface area (TPSA) is 94.9 Å². The van der Waals surface area contributed by atoms with E-state index in [-0.39, 0.29) is 5.91 Å². The molecule has 140 valence electrons. The SMILES string of the molecule is O=C(c1ccon1)N1CCC(c2nnc(Cn3cccn3)n2C2CC2)CC1. The van der Waals surface area contributed by atoms with Crippen LogP contribution in [0.3, 0.4) is 0 Å². The second kappa shape index (κ2) is 6.64. The number of amides is 1. The molecule has 0 spiro atoms. The number of hydrogen-bond acceptors (Lipinski definition) is 6. The van der Waals surface area contributed by atoms with Gasteiger partial charge in [0.05, 0.1) is 0 Å². The average Bonchev–Trinajstić information content (AvgIpc) is 3.12. The zero-order valence-electron chi connectivity index (χ0n) is 14.9. The van der Waals surface area contributed by atoms with Gasteiger partial charge in [-0.05, 0) is 31.7 Å². The molecule has 0 bridgehead atoms. The molecule has 9 nitrogen and oxygen atoms in total. The van der Waals surface area contributed by atoms with Gasteiger partial charge >= 0.3 is 0 Å². The first-order chi connectivity index (χ1) is 13.3. The summed E-state index contributed by atoms with van der Waals surface area (Å²) in [4.78, 5) is 14.3. The lowest BCUT2D eigenvalue weighted by Crippen LogP contribution is -2.38. The Balaban J connectivity index is 1.31. The number of aromatic nitrogens is 6. The van der Waals surface area contributed by atoms with Gasteiger partial charge in [0.15, 0.2) is 11.5 Å². The van der Waals surface area contributed by atoms with Crippen molar-refractivity contribution in [1.82, 2.24) is 34.6 Å². The zero-order valence-corrected chi connectivity index (χ0v) is 14.9. The molecule has 1 aliphatic heterocycles. The Bertz CT molecular complexity index is 904. The summed E-state index contributed by atoms with van der Waals surface area (Å²) in [6, 6.07) is 4.04. The van der Waals surface area contributed by atoms with Gasteiger partial charge in [0, 0.05) is 43.5 Å². The molecule has 4 heterocycles. The molecule has 9 heteroatoms. The van der Waals surface area contributed by atoms with E-state index in [1.54, 1.807) is 12.3 Å². The summed E-state index contributed by atoms with van der Waals surface area (Å²) in [5, 5.41) is 17.1. The lowest BCUT2D eigenvalue weighted by molar-refractivity contribution is 0.0699. The van der Waals surface area contributed by atoms with Crippen molar-refractivity contribution >= 4 is 5.91 Å². The van der Waals surface area contributed by atoms with Gasteiger partial charge in [0.1, 0.15) is 18.6 Å². The van der Waals surface area contributed by atoms with Crippen LogP contribution in [-0.4, -0.2) is 53.6 Å². The fraction of sp³-hybridized carbons (Fsp3) is 0.500. The second-order valence-electron chi connectivity index (χ2n) is 7.23. The normalized spacial score (nSPS) is 18.1. The smallest absolute Gasteiger partial charge is 0.276 e. The van der Waals surface area contributed by atoms with E-state index in [0.29, 0.717) is 37.3 Å². The number of rotatable bonds is 5. The number of piperidine rings is 1. The molecule has 3 aromatic heterocycles. The van der Waals surface area contributed by atoms with Crippen molar-refractivity contribution < 1.29 is 9.32 Å². The van der Waals surface area contributed by atoms with E-state index in [4.69, 9.17) is 4.52 Å². The molecule has 1 aliphatic carbocycles. The Hall–Kier alpha value is -2.97. The average molecular weight is 367 g/mol. The molecule has 2 aliphatic rings. The quantitative estimate of drug-likeness (QED) is 0.683. The van der Waals surface area contributed by atoms with E-state index in [0.717, 1.165) is 24.5 Å². The van der Waals surface area contributed by atoms with Crippen molar-refractivity contribution in [2.24, 2.45) is 0 Å². The van der Waals surface area contributed by atoms with Crippen molar-refractivity contribution in [2.75, 3.05) is 13.1 Å². The van der Waals surface area contributed by atoms with Crippen LogP contribution in [0.4, 0.5) is 0 Å². The van der Waals surface area contributed by atoms with Gasteiger partial charge in [-0.15, -0.1) is 10.2 Å². The summed E-state index contributed by atoms with van der Waals surface area (Å²) >= 11 is 0. The van der Waals surface area contributed by atoms with Crippen molar-refractivity contribution in [3.8, 4) is 0 Å². The fourth-order valence-corrected chi connectivity index (χ4v) is 3.82. The summed E-state index contributed by atoms with van der Waals surface area (Å²) in [5.74, 6) is 2.29. The maximum atomic E-state index is 12.4. The lowest BCUT2D eigenvalue weighted by Gasteiger charge is -2.31. The molecule has 3 aromatic rings. The number of carbonyl (C=O) groups is 1. The first-order valence-corrected chi connectivity index (χ1v) is 9.40. The van der Waals surface area contributed by atoms with Gasteiger partial charge in [-0.2, -0.15) is 5.10 Å². The predicted octanol–water partition coefficient (Wildman–Crippen LogP) is 1.87. The molecule has 0 N–H and O–H groups in total. The standard InChI is InChI=1S/C18H21N7O2/c26-18(15-6-11-27-22-15)23-9-4-13(5-10-23)17-21-20-16(25(17)14-2-3-14)12-24-8-1-7-19-24/h1,6-8,11,13-14H,2-5,9-10,12H2. The summed E-state index contributed by atoms with van der Waals surface area (Å²) < 4.78 is 8.99. The van der Waals surface area contributed by atoms with E-state index < -0.39 is 0 Å². The third-order valence-electron chi connectivity index (χ3n) is 5.37. The van der Waals surface area contributed by atoms with Crippen LogP contribution < -0.4 is 0 Å². The van der Waals surface area contributed by atoms with Crippen LogP contribution in [0.5, 0.6) is 0 Å². The Kier molecular flexibility index (Phi) is 3.99. The molecule has 0 atom stereocenters. The highest BCUT2D eigenvalue weighted by atomic mass is 16.5. The van der Waals surface area contributed by atoms with Crippen LogP contribution >= 0.6 is 0 Å². The van der Waals surface area contributed by atoms with Crippen LogP contribution in [0.15, 0.2) is 35.3 Å². The van der Waals surface area contributed by atoms with E-state index in [2.05, 4.69) is 25.0 Å². The number of hydrogen-bond donors (Lipinski definition) is 0. The molecule has 1 amide bonds. The van der Waals surface area contributed by atoms with Gasteiger partial charge in [-0.1, -0.05) is 5.16 Å². The Morgan fingerprint density at radius 3 is 2.70 bits per heavy atom. The third kappa shape index (κ3) is 3.13. The Morgan fingerprint density at radius 1 is 1.19 bits per heavy atom. The zero-order chi connectivity index (χ0) is 18.2. The highest BCUT2D eigenvalue weighted by molar-refractivity contribution is 5.92. The molecule has 0 radical (unpaired) electrons. The second-order valence-corrected chi connectivity index (χ2v) is 7.23. The largest absolute Gasteiger partial charge is 0.364 e. The molecule has 5 rings (SSSR count). The van der Waals surface area contributed by atoms with E-state index in [1.165, 1.54) is 19.1 Å². The minimum absolute atomic E-state index is 0.0646. The van der Waals surface area contributed by atoms with Crippen LogP contribution in [-0.2, 0) is 6.54 Å². The number of carbonyl (C=O) groups excluding carboxylic acids is 1. The summed E-state index contributed by atoms with van der Waals surface area (Å²) in [7, 11) is 0. The van der Waals surface area contributed by atoms with Gasteiger partial charge in [0.25, 0.3) is 5.91 Å². The van der Waals surface area contributed by atoms with Gasteiger partial charge in [0.2, 0.25) is 0 Å². The van der Waals surface area contributed by atoms with Crippen LogP contribution in [0.25, 0.3) is 0 Å². The fourth-order valence-electron chi connectivity index (χ4n) is 3.82. The summed E-state index contributed by atoms with van der Waals surface area (Å²) in [5.41, 5.74) is 0.371. The molecule has 2 fully saturated rings. The minimum Gasteiger partial charge on any atom is -0.364 e. The molecule has 1 saturated carbocycles. The molecule has 1 saturated heterocycles. The molecular formula is C18H21N7O2. The third-order valence-corrected chi connectivity index (χ3v) is 5.37. The summed E-state index contributed by atoms with van der Waals surface area (Å²) in [6.07, 6.45) is 9.28. The van der Waals surface area contributed by atoms with Crippen molar-refractivity contribution in [3.05, 3.63) is 48.1 Å². The highest BCUT2D eigenvalue weighted by Crippen LogP contribution is 2.40. The minimum atomic E-state index is -0.0646. The van der Waals surface area contributed by atoms with Crippen molar-refractivity contribution in [2.45, 2.75) is 44.2 Å². The van der Waals surface area contributed by atoms with Crippen LogP contribution in [0, 0.1) is 0 Å². The maximum Gasteiger partial charge on any atom is 0.276 e. The molecule has 0 aromatic carbocycles. The molecular weight excluding hydrogens is 346 g/mol. The molecule has 0 unspecified atom stereocenters. The number of likely N-dealkylation sites (tertiary alicyclic amines) is 1. The monoisotopic (exact) mass is 367 g/mol. The van der Waals surface area contributed by atoms with E-state index >= 15 is 0 Å². The van der Waals surface area contributed by atoms with Crippen LogP contribution in [0.2, 0.25) is 0 Å². The highest BCUT2D eigenvalue weighted by Gasteiger charge is 2.34.